The average Bonchev–Trinajstić information content (AvgIpc) is 3.73. The Balaban J connectivity index is 1.21. The van der Waals surface area contributed by atoms with Crippen LogP contribution in [0.4, 0.5) is 5.69 Å². The molecule has 0 aliphatic heterocycles. The number of carbonyl (C=O) groups excluding carboxylic acids is 1. The van der Waals surface area contributed by atoms with Crippen molar-refractivity contribution in [3.63, 3.8) is 0 Å². The van der Waals surface area contributed by atoms with Gasteiger partial charge in [-0.05, 0) is 41.5 Å². The van der Waals surface area contributed by atoms with Crippen LogP contribution in [0.1, 0.15) is 5.56 Å². The van der Waals surface area contributed by atoms with Crippen LogP contribution in [0.25, 0.3) is 55.6 Å². The van der Waals surface area contributed by atoms with Gasteiger partial charge in [0, 0.05) is 45.4 Å². The molecule has 3 N–H and O–H groups in total. The number of anilines is 1. The van der Waals surface area contributed by atoms with E-state index in [-0.39, 0.29) is 5.91 Å². The van der Waals surface area contributed by atoms with Crippen LogP contribution in [-0.2, 0) is 11.2 Å². The highest BCUT2D eigenvalue weighted by atomic mass is 16.3. The van der Waals surface area contributed by atoms with E-state index in [2.05, 4.69) is 42.6 Å². The number of furan rings is 1. The van der Waals surface area contributed by atoms with Crippen molar-refractivity contribution in [3.8, 4) is 33.6 Å². The molecule has 1 amide bonds. The molecule has 0 radical (unpaired) electrons. The smallest absolute Gasteiger partial charge is 0.228 e. The number of aromatic amines is 2. The van der Waals surface area contributed by atoms with Gasteiger partial charge in [0.15, 0.2) is 5.65 Å². The fraction of sp³-hybridized carbons (Fsp3) is 0.0323. The van der Waals surface area contributed by atoms with Crippen LogP contribution in [-0.4, -0.2) is 31.1 Å². The number of hydrogen-bond acceptors (Lipinski definition) is 5. The average molecular weight is 511 g/mol. The predicted molar refractivity (Wildman–Crippen MR) is 151 cm³/mol. The van der Waals surface area contributed by atoms with Crippen molar-refractivity contribution in [1.82, 2.24) is 25.1 Å². The molecule has 0 bridgehead atoms. The topological polar surface area (TPSA) is 112 Å². The molecule has 0 atom stereocenters. The number of nitrogens with one attached hydrogen (secondary N) is 3. The first-order valence-electron chi connectivity index (χ1n) is 12.5. The van der Waals surface area contributed by atoms with E-state index in [0.29, 0.717) is 17.8 Å². The number of benzene rings is 2. The molecule has 39 heavy (non-hydrogen) atoms. The molecule has 0 saturated carbocycles. The lowest BCUT2D eigenvalue weighted by Gasteiger charge is -2.07. The minimum Gasteiger partial charge on any atom is -0.472 e. The van der Waals surface area contributed by atoms with Crippen LogP contribution >= 0.6 is 0 Å². The summed E-state index contributed by atoms with van der Waals surface area (Å²) >= 11 is 0. The number of aromatic nitrogens is 5. The molecule has 0 saturated heterocycles. The number of pyridine rings is 2. The monoisotopic (exact) mass is 510 g/mol. The van der Waals surface area contributed by atoms with Gasteiger partial charge in [-0.15, -0.1) is 0 Å². The van der Waals surface area contributed by atoms with Crippen LogP contribution in [0.5, 0.6) is 0 Å². The van der Waals surface area contributed by atoms with Crippen molar-refractivity contribution in [3.05, 3.63) is 109 Å². The summed E-state index contributed by atoms with van der Waals surface area (Å²) in [5.41, 5.74) is 8.77. The summed E-state index contributed by atoms with van der Waals surface area (Å²) in [4.78, 5) is 25.0. The van der Waals surface area contributed by atoms with Gasteiger partial charge in [-0.2, -0.15) is 5.10 Å². The third kappa shape index (κ3) is 4.34. The summed E-state index contributed by atoms with van der Waals surface area (Å²) in [6.45, 7) is 0. The molecule has 0 aliphatic carbocycles. The predicted octanol–water partition coefficient (Wildman–Crippen LogP) is 6.61. The van der Waals surface area contributed by atoms with Gasteiger partial charge in [0.05, 0.1) is 42.2 Å². The molecule has 2 aromatic carbocycles. The number of fused-ring (bicyclic) bond motifs is 2. The summed E-state index contributed by atoms with van der Waals surface area (Å²) in [5, 5.41) is 12.5. The van der Waals surface area contributed by atoms with E-state index in [0.717, 1.165) is 55.5 Å². The third-order valence-electron chi connectivity index (χ3n) is 6.74. The molecule has 0 fully saturated rings. The van der Waals surface area contributed by atoms with Crippen LogP contribution in [0.15, 0.2) is 108 Å². The Bertz CT molecular complexity index is 1940. The van der Waals surface area contributed by atoms with Gasteiger partial charge in [0.2, 0.25) is 5.91 Å². The summed E-state index contributed by atoms with van der Waals surface area (Å²) in [6.07, 6.45) is 8.89. The van der Waals surface area contributed by atoms with Crippen LogP contribution in [0, 0.1) is 0 Å². The van der Waals surface area contributed by atoms with Crippen LogP contribution < -0.4 is 5.32 Å². The lowest BCUT2D eigenvalue weighted by atomic mass is 10.0. The largest absolute Gasteiger partial charge is 0.472 e. The summed E-state index contributed by atoms with van der Waals surface area (Å²) in [6, 6.07) is 23.8. The van der Waals surface area contributed by atoms with Crippen molar-refractivity contribution >= 4 is 33.5 Å². The molecule has 8 nitrogen and oxygen atoms in total. The second kappa shape index (κ2) is 9.42. The first-order chi connectivity index (χ1) is 19.2. The molecule has 5 heterocycles. The number of rotatable bonds is 6. The first kappa shape index (κ1) is 22.7. The summed E-state index contributed by atoms with van der Waals surface area (Å²) in [5.74, 6) is -0.0977. The zero-order valence-corrected chi connectivity index (χ0v) is 20.7. The quantitative estimate of drug-likeness (QED) is 0.233. The number of nitrogens with zero attached hydrogens (tertiary/aromatic N) is 3. The van der Waals surface area contributed by atoms with Gasteiger partial charge in [-0.1, -0.05) is 42.5 Å². The molecule has 7 aromatic rings. The second-order valence-electron chi connectivity index (χ2n) is 9.33. The highest BCUT2D eigenvalue weighted by Gasteiger charge is 2.15. The maximum Gasteiger partial charge on any atom is 0.228 e. The fourth-order valence-electron chi connectivity index (χ4n) is 4.87. The first-order valence-corrected chi connectivity index (χ1v) is 12.5. The molecule has 188 valence electrons. The number of carbonyl (C=O) groups is 1. The Morgan fingerprint density at radius 3 is 2.64 bits per heavy atom. The zero-order chi connectivity index (χ0) is 26.2. The zero-order valence-electron chi connectivity index (χ0n) is 20.7. The minimum atomic E-state index is -0.0977. The Morgan fingerprint density at radius 2 is 1.77 bits per heavy atom. The molecule has 0 unspecified atom stereocenters. The van der Waals surface area contributed by atoms with Crippen molar-refractivity contribution in [2.75, 3.05) is 5.32 Å². The Morgan fingerprint density at radius 1 is 0.872 bits per heavy atom. The highest BCUT2D eigenvalue weighted by molar-refractivity contribution is 6.01. The lowest BCUT2D eigenvalue weighted by Crippen LogP contribution is -2.14. The van der Waals surface area contributed by atoms with Gasteiger partial charge in [0.25, 0.3) is 0 Å². The maximum atomic E-state index is 12.6. The van der Waals surface area contributed by atoms with Crippen molar-refractivity contribution in [2.45, 2.75) is 6.42 Å². The molecular formula is C31H22N6O2. The normalized spacial score (nSPS) is 11.3. The molecule has 0 spiro atoms. The van der Waals surface area contributed by atoms with Crippen molar-refractivity contribution in [1.29, 1.82) is 0 Å². The van der Waals surface area contributed by atoms with Gasteiger partial charge in [-0.25, -0.2) is 4.98 Å². The van der Waals surface area contributed by atoms with E-state index < -0.39 is 0 Å². The lowest BCUT2D eigenvalue weighted by molar-refractivity contribution is -0.115. The van der Waals surface area contributed by atoms with Crippen molar-refractivity contribution < 1.29 is 9.21 Å². The molecule has 7 rings (SSSR count). The van der Waals surface area contributed by atoms with E-state index in [1.165, 1.54) is 0 Å². The minimum absolute atomic E-state index is 0.0977. The van der Waals surface area contributed by atoms with Gasteiger partial charge >= 0.3 is 0 Å². The fourth-order valence-corrected chi connectivity index (χ4v) is 4.87. The molecular weight excluding hydrogens is 488 g/mol. The molecule has 5 aromatic heterocycles. The van der Waals surface area contributed by atoms with Gasteiger partial charge < -0.3 is 14.7 Å². The Hall–Kier alpha value is -5.50. The van der Waals surface area contributed by atoms with E-state index in [1.54, 1.807) is 31.1 Å². The summed E-state index contributed by atoms with van der Waals surface area (Å²) < 4.78 is 5.30. The van der Waals surface area contributed by atoms with E-state index in [4.69, 9.17) is 4.42 Å². The van der Waals surface area contributed by atoms with E-state index in [1.807, 2.05) is 60.7 Å². The highest BCUT2D eigenvalue weighted by Crippen LogP contribution is 2.35. The number of hydrogen-bond donors (Lipinski definition) is 3. The summed E-state index contributed by atoms with van der Waals surface area (Å²) in [7, 11) is 0. The Kier molecular flexibility index (Phi) is 5.48. The van der Waals surface area contributed by atoms with E-state index >= 15 is 0 Å². The Labute approximate surface area is 222 Å². The van der Waals surface area contributed by atoms with Crippen molar-refractivity contribution in [2.24, 2.45) is 0 Å². The third-order valence-corrected chi connectivity index (χ3v) is 6.74. The standard InChI is InChI=1S/C31H22N6O2/c38-29(11-19-5-2-1-3-6-19)34-23-12-21(15-32-17-23)22-13-26-30(36-37-31(26)33-16-22)28-14-25-24(20-9-10-39-18-20)7-4-8-27(25)35-28/h1-10,12-18,35H,11H2,(H,34,38)(H,33,36,37). The maximum absolute atomic E-state index is 12.6. The van der Waals surface area contributed by atoms with E-state index in [9.17, 15) is 4.79 Å². The van der Waals surface area contributed by atoms with Gasteiger partial charge in [-0.3, -0.25) is 14.9 Å². The van der Waals surface area contributed by atoms with Crippen LogP contribution in [0.3, 0.4) is 0 Å². The van der Waals surface area contributed by atoms with Gasteiger partial charge in [0.1, 0.15) is 0 Å². The van der Waals surface area contributed by atoms with Crippen LogP contribution in [0.2, 0.25) is 0 Å². The number of H-pyrrole nitrogens is 2. The molecule has 0 aliphatic rings. The number of amides is 1. The molecule has 8 heteroatoms. The second-order valence-corrected chi connectivity index (χ2v) is 9.33. The SMILES string of the molecule is O=C(Cc1ccccc1)Nc1cncc(-c2cnc3n[nH]c(-c4cc5c(-c6ccoc6)cccc5[nH]4)c3c2)c1.